The zero-order chi connectivity index (χ0) is 13.0. The zero-order valence-corrected chi connectivity index (χ0v) is 11.2. The summed E-state index contributed by atoms with van der Waals surface area (Å²) in [6, 6.07) is 0.0763. The third kappa shape index (κ3) is 3.04. The molecule has 3 atom stereocenters. The van der Waals surface area contributed by atoms with Crippen molar-refractivity contribution in [2.24, 2.45) is 17.6 Å². The maximum Gasteiger partial charge on any atom is 0.226 e. The van der Waals surface area contributed by atoms with E-state index in [1.807, 2.05) is 4.90 Å². The minimum absolute atomic E-state index is 0.0763. The molecule has 0 aromatic rings. The maximum atomic E-state index is 12.5. The van der Waals surface area contributed by atoms with Gasteiger partial charge in [-0.15, -0.1) is 0 Å². The summed E-state index contributed by atoms with van der Waals surface area (Å²) < 4.78 is 0. The van der Waals surface area contributed by atoms with E-state index in [-0.39, 0.29) is 24.5 Å². The summed E-state index contributed by atoms with van der Waals surface area (Å²) in [6.07, 6.45) is 7.45. The van der Waals surface area contributed by atoms with Gasteiger partial charge in [0.1, 0.15) is 0 Å². The number of aliphatic hydroxyl groups is 1. The fourth-order valence-corrected chi connectivity index (χ4v) is 3.56. The van der Waals surface area contributed by atoms with E-state index in [9.17, 15) is 9.90 Å². The highest BCUT2D eigenvalue weighted by atomic mass is 16.3. The Morgan fingerprint density at radius 3 is 2.83 bits per heavy atom. The molecule has 0 spiro atoms. The lowest BCUT2D eigenvalue weighted by atomic mass is 9.79. The van der Waals surface area contributed by atoms with E-state index < -0.39 is 0 Å². The summed E-state index contributed by atoms with van der Waals surface area (Å²) in [5.41, 5.74) is 5.62. The van der Waals surface area contributed by atoms with Crippen LogP contribution in [0.3, 0.4) is 0 Å². The van der Waals surface area contributed by atoms with E-state index in [1.54, 1.807) is 0 Å². The highest BCUT2D eigenvalue weighted by Crippen LogP contribution is 2.33. The highest BCUT2D eigenvalue weighted by Gasteiger charge is 2.34. The molecule has 2 aliphatic rings. The first-order chi connectivity index (χ1) is 8.76. The van der Waals surface area contributed by atoms with Crippen LogP contribution in [0.5, 0.6) is 0 Å². The molecule has 2 fully saturated rings. The van der Waals surface area contributed by atoms with Crippen LogP contribution in [0.15, 0.2) is 0 Å². The standard InChI is InChI=1S/C14H26N2O2/c15-7-6-11-3-1-4-12(9-11)14(18)16-8-2-5-13(16)10-17/h11-13,17H,1-10,15H2. The quantitative estimate of drug-likeness (QED) is 0.790. The van der Waals surface area contributed by atoms with Gasteiger partial charge in [0.25, 0.3) is 0 Å². The largest absolute Gasteiger partial charge is 0.394 e. The van der Waals surface area contributed by atoms with Gasteiger partial charge in [-0.05, 0) is 44.6 Å². The van der Waals surface area contributed by atoms with Crippen LogP contribution < -0.4 is 5.73 Å². The molecular formula is C14H26N2O2. The van der Waals surface area contributed by atoms with Crippen molar-refractivity contribution in [3.8, 4) is 0 Å². The molecule has 4 nitrogen and oxygen atoms in total. The molecule has 1 saturated carbocycles. The number of rotatable bonds is 4. The molecule has 0 bridgehead atoms. The van der Waals surface area contributed by atoms with Crippen molar-refractivity contribution in [3.05, 3.63) is 0 Å². The van der Waals surface area contributed by atoms with Gasteiger partial charge in [0, 0.05) is 12.5 Å². The second-order valence-electron chi connectivity index (χ2n) is 5.82. The summed E-state index contributed by atoms with van der Waals surface area (Å²) in [4.78, 5) is 14.4. The third-order valence-electron chi connectivity index (χ3n) is 4.58. The van der Waals surface area contributed by atoms with E-state index in [0.717, 1.165) is 51.6 Å². The minimum Gasteiger partial charge on any atom is -0.394 e. The molecular weight excluding hydrogens is 228 g/mol. The van der Waals surface area contributed by atoms with E-state index >= 15 is 0 Å². The van der Waals surface area contributed by atoms with Crippen molar-refractivity contribution in [2.45, 2.75) is 51.0 Å². The summed E-state index contributed by atoms with van der Waals surface area (Å²) >= 11 is 0. The van der Waals surface area contributed by atoms with Crippen LogP contribution in [0, 0.1) is 11.8 Å². The van der Waals surface area contributed by atoms with Crippen LogP contribution in [0.4, 0.5) is 0 Å². The Hall–Kier alpha value is -0.610. The molecule has 4 heteroatoms. The van der Waals surface area contributed by atoms with Gasteiger partial charge in [0.2, 0.25) is 5.91 Å². The highest BCUT2D eigenvalue weighted by molar-refractivity contribution is 5.79. The van der Waals surface area contributed by atoms with Crippen LogP contribution in [0.2, 0.25) is 0 Å². The van der Waals surface area contributed by atoms with Crippen molar-refractivity contribution < 1.29 is 9.90 Å². The van der Waals surface area contributed by atoms with Gasteiger partial charge in [-0.25, -0.2) is 0 Å². The van der Waals surface area contributed by atoms with Crippen LogP contribution in [0.25, 0.3) is 0 Å². The van der Waals surface area contributed by atoms with Gasteiger partial charge in [-0.3, -0.25) is 4.79 Å². The lowest BCUT2D eigenvalue weighted by molar-refractivity contribution is -0.138. The molecule has 18 heavy (non-hydrogen) atoms. The SMILES string of the molecule is NCCC1CCCC(C(=O)N2CCCC2CO)C1. The summed E-state index contributed by atoms with van der Waals surface area (Å²) in [6.45, 7) is 1.68. The molecule has 1 heterocycles. The molecule has 0 radical (unpaired) electrons. The van der Waals surface area contributed by atoms with Crippen molar-refractivity contribution in [1.29, 1.82) is 0 Å². The average molecular weight is 254 g/mol. The Balaban J connectivity index is 1.91. The molecule has 3 N–H and O–H groups in total. The predicted octanol–water partition coefficient (Wildman–Crippen LogP) is 1.12. The minimum atomic E-state index is 0.0763. The Morgan fingerprint density at radius 1 is 1.28 bits per heavy atom. The van der Waals surface area contributed by atoms with E-state index in [0.29, 0.717) is 5.92 Å². The van der Waals surface area contributed by atoms with E-state index in [2.05, 4.69) is 0 Å². The summed E-state index contributed by atoms with van der Waals surface area (Å²) in [7, 11) is 0. The summed E-state index contributed by atoms with van der Waals surface area (Å²) in [5, 5.41) is 9.31. The van der Waals surface area contributed by atoms with Gasteiger partial charge < -0.3 is 15.7 Å². The molecule has 0 aromatic heterocycles. The molecule has 0 aromatic carbocycles. The normalized spacial score (nSPS) is 32.8. The number of carbonyl (C=O) groups excluding carboxylic acids is 1. The fraction of sp³-hybridized carbons (Fsp3) is 0.929. The van der Waals surface area contributed by atoms with Crippen LogP contribution in [-0.2, 0) is 4.79 Å². The first kappa shape index (κ1) is 13.8. The van der Waals surface area contributed by atoms with Crippen molar-refractivity contribution >= 4 is 5.91 Å². The lowest BCUT2D eigenvalue weighted by Crippen LogP contribution is -2.42. The van der Waals surface area contributed by atoms with Gasteiger partial charge in [0.05, 0.1) is 12.6 Å². The lowest BCUT2D eigenvalue weighted by Gasteiger charge is -2.33. The number of hydrogen-bond acceptors (Lipinski definition) is 3. The van der Waals surface area contributed by atoms with E-state index in [1.165, 1.54) is 6.42 Å². The molecule has 1 saturated heterocycles. The van der Waals surface area contributed by atoms with Crippen molar-refractivity contribution in [1.82, 2.24) is 4.90 Å². The van der Waals surface area contributed by atoms with Gasteiger partial charge in [-0.2, -0.15) is 0 Å². The first-order valence-corrected chi connectivity index (χ1v) is 7.37. The smallest absolute Gasteiger partial charge is 0.226 e. The average Bonchev–Trinajstić information content (AvgIpc) is 2.87. The van der Waals surface area contributed by atoms with Crippen molar-refractivity contribution in [2.75, 3.05) is 19.7 Å². The molecule has 2 rings (SSSR count). The molecule has 1 aliphatic carbocycles. The van der Waals surface area contributed by atoms with Gasteiger partial charge >= 0.3 is 0 Å². The Bertz CT molecular complexity index is 281. The number of aliphatic hydroxyl groups excluding tert-OH is 1. The fourth-order valence-electron chi connectivity index (χ4n) is 3.56. The summed E-state index contributed by atoms with van der Waals surface area (Å²) in [5.74, 6) is 1.10. The number of nitrogens with zero attached hydrogens (tertiary/aromatic N) is 1. The van der Waals surface area contributed by atoms with E-state index in [4.69, 9.17) is 5.73 Å². The monoisotopic (exact) mass is 254 g/mol. The maximum absolute atomic E-state index is 12.5. The topological polar surface area (TPSA) is 66.6 Å². The van der Waals surface area contributed by atoms with Gasteiger partial charge in [0.15, 0.2) is 0 Å². The number of carbonyl (C=O) groups is 1. The number of likely N-dealkylation sites (tertiary alicyclic amines) is 1. The Morgan fingerprint density at radius 2 is 2.11 bits per heavy atom. The molecule has 1 aliphatic heterocycles. The Kier molecular flexibility index (Phi) is 5.01. The van der Waals surface area contributed by atoms with Crippen molar-refractivity contribution in [3.63, 3.8) is 0 Å². The predicted molar refractivity (Wildman–Crippen MR) is 70.9 cm³/mol. The zero-order valence-electron chi connectivity index (χ0n) is 11.2. The number of hydrogen-bond donors (Lipinski definition) is 2. The third-order valence-corrected chi connectivity index (χ3v) is 4.58. The molecule has 104 valence electrons. The number of amides is 1. The van der Waals surface area contributed by atoms with Crippen LogP contribution in [-0.4, -0.2) is 41.7 Å². The second-order valence-corrected chi connectivity index (χ2v) is 5.82. The van der Waals surface area contributed by atoms with Crippen LogP contribution >= 0.6 is 0 Å². The van der Waals surface area contributed by atoms with Gasteiger partial charge in [-0.1, -0.05) is 12.8 Å². The number of nitrogens with two attached hydrogens (primary N) is 1. The second kappa shape index (κ2) is 6.53. The Labute approximate surface area is 110 Å². The first-order valence-electron chi connectivity index (χ1n) is 7.37. The molecule has 1 amide bonds. The van der Waals surface area contributed by atoms with Crippen LogP contribution in [0.1, 0.15) is 44.9 Å². The molecule has 3 unspecified atom stereocenters.